The van der Waals surface area contributed by atoms with Gasteiger partial charge in [-0.25, -0.2) is 4.79 Å². The zero-order valence-electron chi connectivity index (χ0n) is 8.44. The van der Waals surface area contributed by atoms with Crippen LogP contribution in [0.1, 0.15) is 23.3 Å². The summed E-state index contributed by atoms with van der Waals surface area (Å²) < 4.78 is 0.937. The zero-order chi connectivity index (χ0) is 11.7. The molecule has 1 fully saturated rings. The molecule has 2 heterocycles. The van der Waals surface area contributed by atoms with Crippen LogP contribution in [0.4, 0.5) is 0 Å². The summed E-state index contributed by atoms with van der Waals surface area (Å²) in [5.74, 6) is -1.15. The molecule has 0 bridgehead atoms. The summed E-state index contributed by atoms with van der Waals surface area (Å²) in [6.45, 7) is 0.519. The second kappa shape index (κ2) is 4.44. The third-order valence-electron chi connectivity index (χ3n) is 2.68. The molecule has 86 valence electrons. The Balaban J connectivity index is 2.18. The lowest BCUT2D eigenvalue weighted by atomic mass is 10.2. The van der Waals surface area contributed by atoms with Crippen LogP contribution in [0, 0.1) is 3.57 Å². The average molecular weight is 334 g/mol. The van der Waals surface area contributed by atoms with Crippen LogP contribution in [0.25, 0.3) is 0 Å². The van der Waals surface area contributed by atoms with Crippen molar-refractivity contribution >= 4 is 34.5 Å². The highest BCUT2D eigenvalue weighted by atomic mass is 127. The summed E-state index contributed by atoms with van der Waals surface area (Å²) in [5, 5.41) is 8.98. The number of carboxylic acid groups (broad SMARTS) is 1. The van der Waals surface area contributed by atoms with Crippen LogP contribution in [0.2, 0.25) is 0 Å². The van der Waals surface area contributed by atoms with Crippen molar-refractivity contribution in [3.05, 3.63) is 21.5 Å². The quantitative estimate of drug-likeness (QED) is 0.801. The van der Waals surface area contributed by atoms with Crippen molar-refractivity contribution in [2.75, 3.05) is 6.54 Å². The molecule has 1 aromatic heterocycles. The van der Waals surface area contributed by atoms with Gasteiger partial charge in [-0.3, -0.25) is 4.79 Å². The van der Waals surface area contributed by atoms with Gasteiger partial charge in [0.2, 0.25) is 0 Å². The maximum atomic E-state index is 12.0. The zero-order valence-corrected chi connectivity index (χ0v) is 10.6. The maximum absolute atomic E-state index is 12.0. The predicted molar refractivity (Wildman–Crippen MR) is 65.2 cm³/mol. The van der Waals surface area contributed by atoms with Crippen molar-refractivity contribution in [3.8, 4) is 0 Å². The van der Waals surface area contributed by atoms with Gasteiger partial charge in [0.15, 0.2) is 0 Å². The number of carbonyl (C=O) groups excluding carboxylic acids is 1. The van der Waals surface area contributed by atoms with Gasteiger partial charge in [0.25, 0.3) is 5.91 Å². The second-order valence-electron chi connectivity index (χ2n) is 3.73. The predicted octanol–water partition coefficient (Wildman–Crippen LogP) is 1.31. The van der Waals surface area contributed by atoms with Crippen LogP contribution in [-0.4, -0.2) is 39.5 Å². The van der Waals surface area contributed by atoms with Gasteiger partial charge in [-0.1, -0.05) is 0 Å². The molecule has 2 rings (SSSR count). The van der Waals surface area contributed by atoms with E-state index in [4.69, 9.17) is 5.11 Å². The van der Waals surface area contributed by atoms with Crippen molar-refractivity contribution in [1.29, 1.82) is 0 Å². The van der Waals surface area contributed by atoms with Gasteiger partial charge in [-0.05, 0) is 41.5 Å². The van der Waals surface area contributed by atoms with E-state index in [2.05, 4.69) is 27.6 Å². The fourth-order valence-electron chi connectivity index (χ4n) is 1.91. The Morgan fingerprint density at radius 3 is 2.88 bits per heavy atom. The highest BCUT2D eigenvalue weighted by Gasteiger charge is 2.34. The number of hydrogen-bond acceptors (Lipinski definition) is 2. The van der Waals surface area contributed by atoms with Crippen molar-refractivity contribution in [2.24, 2.45) is 0 Å². The number of nitrogens with zero attached hydrogens (tertiary/aromatic N) is 1. The van der Waals surface area contributed by atoms with Gasteiger partial charge >= 0.3 is 5.97 Å². The molecule has 1 atom stereocenters. The first kappa shape index (κ1) is 11.4. The summed E-state index contributed by atoms with van der Waals surface area (Å²) in [6, 6.07) is 1.05. The number of aromatic nitrogens is 1. The molecule has 1 saturated heterocycles. The van der Waals surface area contributed by atoms with E-state index in [0.717, 1.165) is 9.99 Å². The number of aliphatic carboxylic acids is 1. The van der Waals surface area contributed by atoms with Crippen molar-refractivity contribution < 1.29 is 14.7 Å². The number of halogens is 1. The third kappa shape index (κ3) is 2.06. The number of likely N-dealkylation sites (tertiary alicyclic amines) is 1. The molecular weight excluding hydrogens is 323 g/mol. The average Bonchev–Trinajstić information content (AvgIpc) is 2.84. The van der Waals surface area contributed by atoms with Gasteiger partial charge in [-0.15, -0.1) is 0 Å². The Morgan fingerprint density at radius 2 is 2.31 bits per heavy atom. The lowest BCUT2D eigenvalue weighted by Gasteiger charge is -2.20. The van der Waals surface area contributed by atoms with Gasteiger partial charge in [-0.2, -0.15) is 0 Å². The molecule has 16 heavy (non-hydrogen) atoms. The first-order valence-electron chi connectivity index (χ1n) is 4.97. The molecule has 6 heteroatoms. The molecule has 0 radical (unpaired) electrons. The summed E-state index contributed by atoms with van der Waals surface area (Å²) in [6.07, 6.45) is 3.01. The minimum atomic E-state index is -0.924. The summed E-state index contributed by atoms with van der Waals surface area (Å²) in [7, 11) is 0. The summed E-state index contributed by atoms with van der Waals surface area (Å²) in [4.78, 5) is 27.2. The highest BCUT2D eigenvalue weighted by molar-refractivity contribution is 14.1. The molecule has 0 aliphatic carbocycles. The molecule has 2 N–H and O–H groups in total. The van der Waals surface area contributed by atoms with E-state index in [0.29, 0.717) is 18.7 Å². The Kier molecular flexibility index (Phi) is 3.17. The normalized spacial score (nSPS) is 20.1. The number of hydrogen-bond donors (Lipinski definition) is 2. The number of carboxylic acids is 1. The largest absolute Gasteiger partial charge is 0.480 e. The number of aromatic amines is 1. The first-order valence-corrected chi connectivity index (χ1v) is 6.05. The van der Waals surface area contributed by atoms with E-state index in [9.17, 15) is 9.59 Å². The number of carbonyl (C=O) groups is 2. The fourth-order valence-corrected chi connectivity index (χ4v) is 2.38. The van der Waals surface area contributed by atoms with E-state index >= 15 is 0 Å². The SMILES string of the molecule is O=C(O)[C@@H]1CCCN1C(=O)c1cc(I)c[nH]1. The fraction of sp³-hybridized carbons (Fsp3) is 0.400. The van der Waals surface area contributed by atoms with Gasteiger partial charge in [0.05, 0.1) is 0 Å². The lowest BCUT2D eigenvalue weighted by molar-refractivity contribution is -0.141. The van der Waals surface area contributed by atoms with Crippen molar-refractivity contribution in [2.45, 2.75) is 18.9 Å². The molecule has 0 saturated carbocycles. The Hall–Kier alpha value is -1.05. The van der Waals surface area contributed by atoms with Crippen LogP contribution in [0.3, 0.4) is 0 Å². The number of nitrogens with one attached hydrogen (secondary N) is 1. The maximum Gasteiger partial charge on any atom is 0.326 e. The standard InChI is InChI=1S/C10H11IN2O3/c11-6-4-7(12-5-6)9(14)13-3-1-2-8(13)10(15)16/h4-5,8,12H,1-3H2,(H,15,16)/t8-/m0/s1. The van der Waals surface area contributed by atoms with Crippen LogP contribution >= 0.6 is 22.6 Å². The van der Waals surface area contributed by atoms with E-state index in [1.54, 1.807) is 12.3 Å². The second-order valence-corrected chi connectivity index (χ2v) is 4.97. The Morgan fingerprint density at radius 1 is 1.56 bits per heavy atom. The van der Waals surface area contributed by atoms with Gasteiger partial charge in [0, 0.05) is 16.3 Å². The van der Waals surface area contributed by atoms with Crippen molar-refractivity contribution in [1.82, 2.24) is 9.88 Å². The van der Waals surface area contributed by atoms with E-state index in [1.165, 1.54) is 4.90 Å². The highest BCUT2D eigenvalue weighted by Crippen LogP contribution is 2.20. The number of amides is 1. The molecule has 0 aromatic carbocycles. The van der Waals surface area contributed by atoms with Crippen LogP contribution < -0.4 is 0 Å². The smallest absolute Gasteiger partial charge is 0.326 e. The molecule has 1 aromatic rings. The van der Waals surface area contributed by atoms with Crippen LogP contribution in [0.5, 0.6) is 0 Å². The summed E-state index contributed by atoms with van der Waals surface area (Å²) >= 11 is 2.10. The third-order valence-corrected chi connectivity index (χ3v) is 3.30. The topological polar surface area (TPSA) is 73.4 Å². The lowest BCUT2D eigenvalue weighted by Crippen LogP contribution is -2.40. The molecule has 5 nitrogen and oxygen atoms in total. The molecular formula is C10H11IN2O3. The van der Waals surface area contributed by atoms with E-state index in [1.807, 2.05) is 0 Å². The van der Waals surface area contributed by atoms with Crippen LogP contribution in [0.15, 0.2) is 12.3 Å². The minimum Gasteiger partial charge on any atom is -0.480 e. The number of H-pyrrole nitrogens is 1. The monoisotopic (exact) mass is 334 g/mol. The van der Waals surface area contributed by atoms with E-state index < -0.39 is 12.0 Å². The molecule has 0 unspecified atom stereocenters. The molecule has 1 amide bonds. The van der Waals surface area contributed by atoms with Crippen molar-refractivity contribution in [3.63, 3.8) is 0 Å². The van der Waals surface area contributed by atoms with Crippen LogP contribution in [-0.2, 0) is 4.79 Å². The van der Waals surface area contributed by atoms with Gasteiger partial charge in [0.1, 0.15) is 11.7 Å². The Bertz CT molecular complexity index is 429. The molecule has 1 aliphatic heterocycles. The first-order chi connectivity index (χ1) is 7.59. The number of rotatable bonds is 2. The Labute approximate surface area is 106 Å². The molecule has 1 aliphatic rings. The van der Waals surface area contributed by atoms with E-state index in [-0.39, 0.29) is 5.91 Å². The summed E-state index contributed by atoms with van der Waals surface area (Å²) in [5.41, 5.74) is 0.456. The minimum absolute atomic E-state index is 0.229. The van der Waals surface area contributed by atoms with Gasteiger partial charge < -0.3 is 15.0 Å². The molecule has 0 spiro atoms.